The predicted molar refractivity (Wildman–Crippen MR) is 105 cm³/mol. The average molecular weight is 387 g/mol. The minimum atomic E-state index is -0.432. The highest BCUT2D eigenvalue weighted by Crippen LogP contribution is 2.30. The summed E-state index contributed by atoms with van der Waals surface area (Å²) in [4.78, 5) is 15.3. The molecule has 1 saturated heterocycles. The molecule has 1 aliphatic rings. The van der Waals surface area contributed by atoms with E-state index >= 15 is 0 Å². The highest BCUT2D eigenvalue weighted by molar-refractivity contribution is 6.00. The van der Waals surface area contributed by atoms with Crippen LogP contribution in [-0.2, 0) is 6.54 Å². The Balaban J connectivity index is 1.76. The molecule has 3 rings (SSSR count). The van der Waals surface area contributed by atoms with Crippen molar-refractivity contribution >= 4 is 5.78 Å². The molecule has 0 N–H and O–H groups in total. The summed E-state index contributed by atoms with van der Waals surface area (Å²) in [6.07, 6.45) is 1.69. The Morgan fingerprint density at radius 3 is 2.54 bits per heavy atom. The summed E-state index contributed by atoms with van der Waals surface area (Å²) in [5.74, 6) is 1.28. The first-order valence-corrected chi connectivity index (χ1v) is 9.36. The van der Waals surface area contributed by atoms with E-state index in [1.165, 1.54) is 25.3 Å². The van der Waals surface area contributed by atoms with E-state index in [1.807, 2.05) is 18.2 Å². The molecule has 0 bridgehead atoms. The number of ketones is 1. The number of halogens is 1. The lowest BCUT2D eigenvalue weighted by atomic mass is 9.89. The average Bonchev–Trinajstić information content (AvgIpc) is 2.73. The van der Waals surface area contributed by atoms with E-state index in [-0.39, 0.29) is 11.7 Å². The van der Waals surface area contributed by atoms with E-state index in [0.717, 1.165) is 36.4 Å². The maximum atomic E-state index is 13.7. The second-order valence-electron chi connectivity index (χ2n) is 6.96. The Kier molecular flexibility index (Phi) is 6.52. The lowest BCUT2D eigenvalue weighted by Crippen LogP contribution is -2.38. The van der Waals surface area contributed by atoms with Crippen molar-refractivity contribution in [2.75, 3.05) is 34.4 Å². The number of Topliss-reactive ketones (excluding diaryl/α,β-unsaturated/α-hetero) is 1. The van der Waals surface area contributed by atoms with E-state index in [0.29, 0.717) is 24.4 Å². The van der Waals surface area contributed by atoms with Gasteiger partial charge in [0, 0.05) is 24.6 Å². The minimum Gasteiger partial charge on any atom is -0.497 e. The number of hydrogen-bond acceptors (Lipinski definition) is 5. The monoisotopic (exact) mass is 387 g/mol. The Bertz CT molecular complexity index is 839. The smallest absolute Gasteiger partial charge is 0.171 e. The molecule has 0 saturated carbocycles. The molecule has 2 aromatic rings. The van der Waals surface area contributed by atoms with Gasteiger partial charge in [-0.2, -0.15) is 0 Å². The van der Waals surface area contributed by atoms with Crippen LogP contribution in [0.4, 0.5) is 4.39 Å². The van der Waals surface area contributed by atoms with E-state index in [1.54, 1.807) is 14.2 Å². The maximum absolute atomic E-state index is 13.7. The van der Waals surface area contributed by atoms with Gasteiger partial charge in [0.25, 0.3) is 0 Å². The zero-order valence-electron chi connectivity index (χ0n) is 16.5. The second kappa shape index (κ2) is 9.06. The molecule has 0 radical (unpaired) electrons. The number of ether oxygens (including phenoxy) is 3. The van der Waals surface area contributed by atoms with Crippen LogP contribution in [0.1, 0.15) is 28.8 Å². The number of carbonyl (C=O) groups excluding carboxylic acids is 1. The van der Waals surface area contributed by atoms with Gasteiger partial charge in [0.05, 0.1) is 26.9 Å². The second-order valence-corrected chi connectivity index (χ2v) is 6.96. The van der Waals surface area contributed by atoms with Crippen LogP contribution in [0.25, 0.3) is 0 Å². The number of likely N-dealkylation sites (tertiary alicyclic amines) is 1. The van der Waals surface area contributed by atoms with Gasteiger partial charge in [-0.3, -0.25) is 9.69 Å². The van der Waals surface area contributed by atoms with Crippen LogP contribution < -0.4 is 14.2 Å². The molecule has 28 heavy (non-hydrogen) atoms. The largest absolute Gasteiger partial charge is 0.497 e. The molecule has 5 nitrogen and oxygen atoms in total. The molecule has 1 atom stereocenters. The SMILES string of the molecule is COc1ccc(OC)c(CN2CCC[C@H](C(=O)c3cc(F)ccc3OC)C2)c1. The molecule has 0 amide bonds. The first-order valence-electron chi connectivity index (χ1n) is 9.36. The summed E-state index contributed by atoms with van der Waals surface area (Å²) in [5.41, 5.74) is 1.33. The van der Waals surface area contributed by atoms with Crippen molar-refractivity contribution < 1.29 is 23.4 Å². The third-order valence-electron chi connectivity index (χ3n) is 5.18. The molecule has 6 heteroatoms. The number of carbonyl (C=O) groups is 1. The van der Waals surface area contributed by atoms with Crippen LogP contribution in [-0.4, -0.2) is 45.1 Å². The third kappa shape index (κ3) is 4.44. The molecule has 0 aromatic heterocycles. The lowest BCUT2D eigenvalue weighted by Gasteiger charge is -2.32. The van der Waals surface area contributed by atoms with Crippen molar-refractivity contribution in [3.8, 4) is 17.2 Å². The molecule has 0 aliphatic carbocycles. The number of nitrogens with zero attached hydrogens (tertiary/aromatic N) is 1. The van der Waals surface area contributed by atoms with Crippen molar-refractivity contribution in [3.05, 3.63) is 53.3 Å². The van der Waals surface area contributed by atoms with Crippen molar-refractivity contribution in [1.29, 1.82) is 0 Å². The van der Waals surface area contributed by atoms with Gasteiger partial charge >= 0.3 is 0 Å². The Labute approximate surface area is 165 Å². The predicted octanol–water partition coefficient (Wildman–Crippen LogP) is 3.95. The van der Waals surface area contributed by atoms with Gasteiger partial charge in [0.1, 0.15) is 23.1 Å². The number of piperidine rings is 1. The Morgan fingerprint density at radius 2 is 1.82 bits per heavy atom. The van der Waals surface area contributed by atoms with E-state index < -0.39 is 5.82 Å². The summed E-state index contributed by atoms with van der Waals surface area (Å²) in [6, 6.07) is 9.78. The summed E-state index contributed by atoms with van der Waals surface area (Å²) in [7, 11) is 4.77. The fraction of sp³-hybridized carbons (Fsp3) is 0.409. The zero-order valence-corrected chi connectivity index (χ0v) is 16.5. The minimum absolute atomic E-state index is 0.0707. The molecule has 0 unspecified atom stereocenters. The lowest BCUT2D eigenvalue weighted by molar-refractivity contribution is 0.0807. The van der Waals surface area contributed by atoms with E-state index in [9.17, 15) is 9.18 Å². The van der Waals surface area contributed by atoms with Crippen LogP contribution >= 0.6 is 0 Å². The highest BCUT2D eigenvalue weighted by atomic mass is 19.1. The van der Waals surface area contributed by atoms with Gasteiger partial charge < -0.3 is 14.2 Å². The summed E-state index contributed by atoms with van der Waals surface area (Å²) in [5, 5.41) is 0. The highest BCUT2D eigenvalue weighted by Gasteiger charge is 2.29. The first kappa shape index (κ1) is 20.1. The molecule has 1 aliphatic heterocycles. The normalized spacial score (nSPS) is 17.2. The topological polar surface area (TPSA) is 48.0 Å². The summed E-state index contributed by atoms with van der Waals surface area (Å²) in [6.45, 7) is 2.16. The van der Waals surface area contributed by atoms with Gasteiger partial charge in [-0.05, 0) is 55.8 Å². The molecular weight excluding hydrogens is 361 g/mol. The van der Waals surface area contributed by atoms with Gasteiger partial charge in [-0.1, -0.05) is 0 Å². The molecule has 1 fully saturated rings. The van der Waals surface area contributed by atoms with Crippen LogP contribution in [0.3, 0.4) is 0 Å². The van der Waals surface area contributed by atoms with Gasteiger partial charge in [-0.15, -0.1) is 0 Å². The fourth-order valence-corrected chi connectivity index (χ4v) is 3.75. The van der Waals surface area contributed by atoms with E-state index in [4.69, 9.17) is 14.2 Å². The van der Waals surface area contributed by atoms with Crippen molar-refractivity contribution in [2.24, 2.45) is 5.92 Å². The first-order chi connectivity index (χ1) is 13.5. The number of hydrogen-bond donors (Lipinski definition) is 0. The van der Waals surface area contributed by atoms with Gasteiger partial charge in [0.2, 0.25) is 0 Å². The van der Waals surface area contributed by atoms with Crippen LogP contribution in [0.15, 0.2) is 36.4 Å². The number of rotatable bonds is 7. The van der Waals surface area contributed by atoms with E-state index in [2.05, 4.69) is 4.90 Å². The van der Waals surface area contributed by atoms with Crippen molar-refractivity contribution in [1.82, 2.24) is 4.90 Å². The Hall–Kier alpha value is -2.60. The summed E-state index contributed by atoms with van der Waals surface area (Å²) >= 11 is 0. The van der Waals surface area contributed by atoms with Crippen LogP contribution in [0.5, 0.6) is 17.2 Å². The fourth-order valence-electron chi connectivity index (χ4n) is 3.75. The summed E-state index contributed by atoms with van der Waals surface area (Å²) < 4.78 is 29.7. The van der Waals surface area contributed by atoms with Gasteiger partial charge in [0.15, 0.2) is 5.78 Å². The van der Waals surface area contributed by atoms with Crippen molar-refractivity contribution in [3.63, 3.8) is 0 Å². The third-order valence-corrected chi connectivity index (χ3v) is 5.18. The number of methoxy groups -OCH3 is 3. The molecule has 2 aromatic carbocycles. The van der Waals surface area contributed by atoms with Crippen LogP contribution in [0, 0.1) is 11.7 Å². The zero-order chi connectivity index (χ0) is 20.1. The molecule has 150 valence electrons. The standard InChI is InChI=1S/C22H26FNO4/c1-26-18-7-9-20(27-2)16(11-18)14-24-10-4-5-15(13-24)22(25)19-12-17(23)6-8-21(19)28-3/h6-9,11-12,15H,4-5,10,13-14H2,1-3H3/t15-/m0/s1. The molecule has 1 heterocycles. The molecule has 0 spiro atoms. The Morgan fingerprint density at radius 1 is 1.07 bits per heavy atom. The maximum Gasteiger partial charge on any atom is 0.171 e. The number of benzene rings is 2. The molecular formula is C22H26FNO4. The quantitative estimate of drug-likeness (QED) is 0.674. The van der Waals surface area contributed by atoms with Crippen LogP contribution in [0.2, 0.25) is 0 Å². The van der Waals surface area contributed by atoms with Gasteiger partial charge in [-0.25, -0.2) is 4.39 Å². The van der Waals surface area contributed by atoms with Crippen molar-refractivity contribution in [2.45, 2.75) is 19.4 Å².